The summed E-state index contributed by atoms with van der Waals surface area (Å²) in [6.45, 7) is 0. The van der Waals surface area contributed by atoms with E-state index in [4.69, 9.17) is 32.4 Å². The molecule has 1 aromatic heterocycles. The Balaban J connectivity index is 1.92. The van der Waals surface area contributed by atoms with Gasteiger partial charge in [-0.3, -0.25) is 4.79 Å². The Labute approximate surface area is 136 Å². The number of benzene rings is 2. The van der Waals surface area contributed by atoms with E-state index >= 15 is 0 Å². The molecule has 3 aromatic rings. The maximum atomic E-state index is 12.3. The highest BCUT2D eigenvalue weighted by Crippen LogP contribution is 2.29. The molecule has 0 fully saturated rings. The lowest BCUT2D eigenvalue weighted by molar-refractivity contribution is 0.0998. The van der Waals surface area contributed by atoms with Gasteiger partial charge in [0.05, 0.1) is 7.11 Å². The molecule has 0 unspecified atom stereocenters. The van der Waals surface area contributed by atoms with Crippen LogP contribution in [0.25, 0.3) is 11.0 Å². The molecule has 1 N–H and O–H groups in total. The van der Waals surface area contributed by atoms with Crippen molar-refractivity contribution >= 4 is 45.8 Å². The summed E-state index contributed by atoms with van der Waals surface area (Å²) in [5.74, 6) is 0.356. The molecule has 112 valence electrons. The second-order valence-corrected chi connectivity index (χ2v) is 5.47. The average Bonchev–Trinajstić information content (AvgIpc) is 2.90. The minimum absolute atomic E-state index is 0.176. The molecule has 0 radical (unpaired) electrons. The minimum Gasteiger partial charge on any atom is -0.493 e. The Morgan fingerprint density at radius 2 is 1.86 bits per heavy atom. The minimum atomic E-state index is -0.392. The maximum Gasteiger partial charge on any atom is 0.291 e. The smallest absolute Gasteiger partial charge is 0.291 e. The zero-order valence-corrected chi connectivity index (χ0v) is 13.0. The number of hydrogen-bond acceptors (Lipinski definition) is 3. The Morgan fingerprint density at radius 3 is 2.55 bits per heavy atom. The standard InChI is InChI=1S/C16H11Cl2NO3/c1-21-13-4-2-3-9-5-14(22-15(9)13)16(20)19-12-7-10(17)6-11(18)8-12/h2-8H,1H3,(H,19,20). The van der Waals surface area contributed by atoms with Crippen molar-refractivity contribution in [1.29, 1.82) is 0 Å². The highest BCUT2D eigenvalue weighted by atomic mass is 35.5. The van der Waals surface area contributed by atoms with Gasteiger partial charge in [0.2, 0.25) is 0 Å². The van der Waals surface area contributed by atoms with Crippen LogP contribution in [0.5, 0.6) is 5.75 Å². The number of amides is 1. The van der Waals surface area contributed by atoms with E-state index in [1.54, 1.807) is 37.4 Å². The van der Waals surface area contributed by atoms with Crippen LogP contribution in [-0.2, 0) is 0 Å². The Bertz CT molecular complexity index is 837. The van der Waals surface area contributed by atoms with Crippen LogP contribution in [0, 0.1) is 0 Å². The van der Waals surface area contributed by atoms with Crippen molar-refractivity contribution in [1.82, 2.24) is 0 Å². The number of carbonyl (C=O) groups is 1. The molecule has 0 saturated heterocycles. The summed E-state index contributed by atoms with van der Waals surface area (Å²) in [6.07, 6.45) is 0. The second kappa shape index (κ2) is 5.91. The van der Waals surface area contributed by atoms with E-state index in [1.165, 1.54) is 0 Å². The number of para-hydroxylation sites is 1. The molecule has 0 spiro atoms. The summed E-state index contributed by atoms with van der Waals surface area (Å²) in [5, 5.41) is 4.36. The van der Waals surface area contributed by atoms with Crippen LogP contribution >= 0.6 is 23.2 Å². The Morgan fingerprint density at radius 1 is 1.14 bits per heavy atom. The van der Waals surface area contributed by atoms with Gasteiger partial charge in [0, 0.05) is 21.1 Å². The van der Waals surface area contributed by atoms with E-state index in [2.05, 4.69) is 5.32 Å². The summed E-state index contributed by atoms with van der Waals surface area (Å²) < 4.78 is 10.8. The zero-order chi connectivity index (χ0) is 15.7. The number of halogens is 2. The van der Waals surface area contributed by atoms with E-state index in [0.717, 1.165) is 5.39 Å². The number of fused-ring (bicyclic) bond motifs is 1. The van der Waals surface area contributed by atoms with Crippen LogP contribution in [0.4, 0.5) is 5.69 Å². The molecule has 0 saturated carbocycles. The molecule has 1 heterocycles. The quantitative estimate of drug-likeness (QED) is 0.732. The highest BCUT2D eigenvalue weighted by Gasteiger charge is 2.15. The normalized spacial score (nSPS) is 10.7. The molecule has 3 rings (SSSR count). The van der Waals surface area contributed by atoms with Gasteiger partial charge in [-0.15, -0.1) is 0 Å². The van der Waals surface area contributed by atoms with E-state index in [0.29, 0.717) is 27.1 Å². The number of ether oxygens (including phenoxy) is 1. The predicted octanol–water partition coefficient (Wildman–Crippen LogP) is 5.00. The van der Waals surface area contributed by atoms with Gasteiger partial charge in [-0.25, -0.2) is 0 Å². The lowest BCUT2D eigenvalue weighted by Gasteiger charge is -2.04. The first-order valence-electron chi connectivity index (χ1n) is 6.41. The number of rotatable bonds is 3. The molecule has 0 aliphatic heterocycles. The van der Waals surface area contributed by atoms with Gasteiger partial charge in [-0.05, 0) is 30.3 Å². The van der Waals surface area contributed by atoms with Crippen molar-refractivity contribution in [3.8, 4) is 5.75 Å². The molecule has 0 atom stereocenters. The summed E-state index contributed by atoms with van der Waals surface area (Å²) >= 11 is 11.8. The molecule has 1 amide bonds. The van der Waals surface area contributed by atoms with Crippen LogP contribution in [0.3, 0.4) is 0 Å². The van der Waals surface area contributed by atoms with Gasteiger partial charge in [0.15, 0.2) is 17.1 Å². The van der Waals surface area contributed by atoms with Crippen molar-refractivity contribution in [2.45, 2.75) is 0 Å². The summed E-state index contributed by atoms with van der Waals surface area (Å²) in [6, 6.07) is 11.9. The SMILES string of the molecule is COc1cccc2cc(C(=O)Nc3cc(Cl)cc(Cl)c3)oc12. The topological polar surface area (TPSA) is 51.5 Å². The van der Waals surface area contributed by atoms with Crippen molar-refractivity contribution in [3.63, 3.8) is 0 Å². The first kappa shape index (κ1) is 14.8. The molecule has 2 aromatic carbocycles. The summed E-state index contributed by atoms with van der Waals surface area (Å²) in [5.41, 5.74) is 1.02. The average molecular weight is 336 g/mol. The van der Waals surface area contributed by atoms with Crippen molar-refractivity contribution < 1.29 is 13.9 Å². The number of anilines is 1. The first-order valence-corrected chi connectivity index (χ1v) is 7.16. The zero-order valence-electron chi connectivity index (χ0n) is 11.5. The third-order valence-electron chi connectivity index (χ3n) is 3.07. The van der Waals surface area contributed by atoms with Gasteiger partial charge < -0.3 is 14.5 Å². The third kappa shape index (κ3) is 2.89. The third-order valence-corrected chi connectivity index (χ3v) is 3.51. The maximum absolute atomic E-state index is 12.3. The summed E-state index contributed by atoms with van der Waals surface area (Å²) in [7, 11) is 1.55. The highest BCUT2D eigenvalue weighted by molar-refractivity contribution is 6.35. The fraction of sp³-hybridized carbons (Fsp3) is 0.0625. The lowest BCUT2D eigenvalue weighted by Crippen LogP contribution is -2.10. The van der Waals surface area contributed by atoms with Gasteiger partial charge in [-0.1, -0.05) is 35.3 Å². The monoisotopic (exact) mass is 335 g/mol. The Kier molecular flexibility index (Phi) is 3.96. The molecule has 22 heavy (non-hydrogen) atoms. The number of hydrogen-bond donors (Lipinski definition) is 1. The van der Waals surface area contributed by atoms with Crippen LogP contribution in [-0.4, -0.2) is 13.0 Å². The number of carbonyl (C=O) groups excluding carboxylic acids is 1. The van der Waals surface area contributed by atoms with Crippen LogP contribution in [0.2, 0.25) is 10.0 Å². The van der Waals surface area contributed by atoms with E-state index in [1.807, 2.05) is 12.1 Å². The molecule has 4 nitrogen and oxygen atoms in total. The molecular weight excluding hydrogens is 325 g/mol. The predicted molar refractivity (Wildman–Crippen MR) is 87.2 cm³/mol. The van der Waals surface area contributed by atoms with Gasteiger partial charge in [0.1, 0.15) is 0 Å². The molecule has 0 aliphatic rings. The van der Waals surface area contributed by atoms with E-state index in [9.17, 15) is 4.79 Å². The van der Waals surface area contributed by atoms with Crippen LogP contribution in [0.15, 0.2) is 46.9 Å². The second-order valence-electron chi connectivity index (χ2n) is 4.60. The molecule has 6 heteroatoms. The molecule has 0 bridgehead atoms. The van der Waals surface area contributed by atoms with E-state index < -0.39 is 5.91 Å². The van der Waals surface area contributed by atoms with Crippen LogP contribution < -0.4 is 10.1 Å². The van der Waals surface area contributed by atoms with E-state index in [-0.39, 0.29) is 5.76 Å². The van der Waals surface area contributed by atoms with Crippen molar-refractivity contribution in [3.05, 3.63) is 58.3 Å². The molecule has 0 aliphatic carbocycles. The Hall–Kier alpha value is -2.17. The largest absolute Gasteiger partial charge is 0.493 e. The van der Waals surface area contributed by atoms with Crippen molar-refractivity contribution in [2.75, 3.05) is 12.4 Å². The van der Waals surface area contributed by atoms with Gasteiger partial charge in [0.25, 0.3) is 5.91 Å². The molecular formula is C16H11Cl2NO3. The lowest BCUT2D eigenvalue weighted by atomic mass is 10.2. The fourth-order valence-corrected chi connectivity index (χ4v) is 2.65. The van der Waals surface area contributed by atoms with Gasteiger partial charge in [-0.2, -0.15) is 0 Å². The van der Waals surface area contributed by atoms with Crippen molar-refractivity contribution in [2.24, 2.45) is 0 Å². The number of methoxy groups -OCH3 is 1. The van der Waals surface area contributed by atoms with Crippen LogP contribution in [0.1, 0.15) is 10.6 Å². The summed E-state index contributed by atoms with van der Waals surface area (Å²) in [4.78, 5) is 12.3. The first-order chi connectivity index (χ1) is 10.6. The fourth-order valence-electron chi connectivity index (χ4n) is 2.13. The van der Waals surface area contributed by atoms with Gasteiger partial charge >= 0.3 is 0 Å². The number of furan rings is 1. The number of nitrogens with one attached hydrogen (secondary N) is 1.